The molecule has 1 aromatic heterocycles. The highest BCUT2D eigenvalue weighted by Crippen LogP contribution is 2.42. The summed E-state index contributed by atoms with van der Waals surface area (Å²) in [5.74, 6) is 0.0451. The van der Waals surface area contributed by atoms with Crippen molar-refractivity contribution in [3.8, 4) is 0 Å². The largest absolute Gasteiger partial charge is 0.414 e. The molecule has 0 spiro atoms. The molecule has 3 atom stereocenters. The molecule has 0 bridgehead atoms. The van der Waals surface area contributed by atoms with Crippen molar-refractivity contribution in [2.75, 3.05) is 12.3 Å². The van der Waals surface area contributed by atoms with E-state index in [1.165, 1.54) is 10.6 Å². The minimum Gasteiger partial charge on any atom is -0.414 e. The number of nitrogen functional groups attached to an aromatic ring is 1. The van der Waals surface area contributed by atoms with Gasteiger partial charge in [0.1, 0.15) is 18.1 Å². The number of nitrogens with zero attached hydrogens (tertiary/aromatic N) is 3. The number of nitro benzene ring substituents is 1. The Labute approximate surface area is 251 Å². The molecular formula is C29H48N4O7Si2. The van der Waals surface area contributed by atoms with Gasteiger partial charge in [0.2, 0.25) is 0 Å². The van der Waals surface area contributed by atoms with E-state index in [4.69, 9.17) is 24.1 Å². The lowest BCUT2D eigenvalue weighted by Gasteiger charge is -2.40. The molecular weight excluding hydrogens is 573 g/mol. The Morgan fingerprint density at radius 2 is 1.64 bits per heavy atom. The number of nitrogens with two attached hydrogens (primary N) is 1. The van der Waals surface area contributed by atoms with Crippen molar-refractivity contribution in [3.05, 3.63) is 62.2 Å². The zero-order chi connectivity index (χ0) is 31.7. The normalized spacial score (nSPS) is 20.2. The fourth-order valence-corrected chi connectivity index (χ4v) is 6.50. The van der Waals surface area contributed by atoms with Crippen molar-refractivity contribution in [3.63, 3.8) is 0 Å². The molecule has 3 rings (SSSR count). The van der Waals surface area contributed by atoms with Crippen LogP contribution in [0.5, 0.6) is 0 Å². The zero-order valence-electron chi connectivity index (χ0n) is 26.7. The lowest BCUT2D eigenvalue weighted by atomic mass is 10.2. The molecule has 1 aromatic carbocycles. The summed E-state index contributed by atoms with van der Waals surface area (Å²) in [6.45, 7) is 22.4. The first kappa shape index (κ1) is 34.1. The zero-order valence-corrected chi connectivity index (χ0v) is 28.7. The number of anilines is 1. The molecule has 0 amide bonds. The number of nitro groups is 1. The van der Waals surface area contributed by atoms with Crippen LogP contribution in [0.3, 0.4) is 0 Å². The molecule has 1 fully saturated rings. The molecule has 234 valence electrons. The van der Waals surface area contributed by atoms with E-state index in [9.17, 15) is 14.9 Å². The standard InChI is InChI=1S/C29H48N4O7Si2/c1-28(2,3)41(7,8)38-19-24-23(40-42(9,10)29(4,5)6)15-25(39-24)32-16-21(26(30)31-27(32)34)18-37-17-20-13-11-12-14-22(20)33(35)36/h11-14,16,23-25H,15,17-19H2,1-10H3,(H2,30,31,34)/t23-,24+,25+/m0/s1. The van der Waals surface area contributed by atoms with Gasteiger partial charge in [0.25, 0.3) is 5.69 Å². The fourth-order valence-electron chi connectivity index (χ4n) is 4.13. The molecule has 1 aliphatic heterocycles. The van der Waals surface area contributed by atoms with Crippen molar-refractivity contribution in [2.45, 2.75) is 116 Å². The van der Waals surface area contributed by atoms with Crippen molar-refractivity contribution >= 4 is 28.1 Å². The van der Waals surface area contributed by atoms with Gasteiger partial charge in [-0.15, -0.1) is 0 Å². The number of benzene rings is 1. The molecule has 2 heterocycles. The predicted octanol–water partition coefficient (Wildman–Crippen LogP) is 6.15. The van der Waals surface area contributed by atoms with Crippen LogP contribution in [0, 0.1) is 10.1 Å². The quantitative estimate of drug-likeness (QED) is 0.178. The fraction of sp³-hybridized carbons (Fsp3) is 0.655. The molecule has 0 radical (unpaired) electrons. The maximum atomic E-state index is 13.0. The summed E-state index contributed by atoms with van der Waals surface area (Å²) < 4.78 is 27.1. The highest BCUT2D eigenvalue weighted by Gasteiger charge is 2.46. The molecule has 2 aromatic rings. The third kappa shape index (κ3) is 7.94. The van der Waals surface area contributed by atoms with E-state index < -0.39 is 33.5 Å². The second kappa shape index (κ2) is 12.7. The first-order valence-corrected chi connectivity index (χ1v) is 20.2. The van der Waals surface area contributed by atoms with Crippen LogP contribution in [0.4, 0.5) is 11.5 Å². The maximum Gasteiger partial charge on any atom is 0.351 e. The molecule has 2 N–H and O–H groups in total. The number of rotatable bonds is 11. The van der Waals surface area contributed by atoms with Crippen molar-refractivity contribution < 1.29 is 23.2 Å². The third-order valence-corrected chi connectivity index (χ3v) is 17.9. The van der Waals surface area contributed by atoms with Gasteiger partial charge in [0, 0.05) is 24.2 Å². The minimum absolute atomic E-state index is 0.00490. The number of para-hydroxylation sites is 1. The Bertz CT molecular complexity index is 1320. The highest BCUT2D eigenvalue weighted by atomic mass is 28.4. The summed E-state index contributed by atoms with van der Waals surface area (Å²) in [5, 5.41) is 11.4. The topological polar surface area (TPSA) is 141 Å². The maximum absolute atomic E-state index is 13.0. The van der Waals surface area contributed by atoms with E-state index in [1.54, 1.807) is 24.4 Å². The molecule has 11 nitrogen and oxygen atoms in total. The van der Waals surface area contributed by atoms with Gasteiger partial charge in [-0.05, 0) is 42.3 Å². The highest BCUT2D eigenvalue weighted by molar-refractivity contribution is 6.74. The summed E-state index contributed by atoms with van der Waals surface area (Å²) in [5.41, 5.74) is 6.46. The number of hydrogen-bond donors (Lipinski definition) is 1. The van der Waals surface area contributed by atoms with Crippen LogP contribution in [0.25, 0.3) is 0 Å². The van der Waals surface area contributed by atoms with Crippen LogP contribution >= 0.6 is 0 Å². The summed E-state index contributed by atoms with van der Waals surface area (Å²) in [6.07, 6.45) is 0.821. The van der Waals surface area contributed by atoms with E-state index >= 15 is 0 Å². The molecule has 13 heteroatoms. The second-order valence-corrected chi connectivity index (χ2v) is 23.6. The van der Waals surface area contributed by atoms with Crippen LogP contribution in [-0.2, 0) is 31.5 Å². The van der Waals surface area contributed by atoms with Crippen LogP contribution in [0.2, 0.25) is 36.3 Å². The minimum atomic E-state index is -2.17. The van der Waals surface area contributed by atoms with E-state index in [2.05, 4.69) is 72.7 Å². The van der Waals surface area contributed by atoms with Gasteiger partial charge >= 0.3 is 5.69 Å². The molecule has 42 heavy (non-hydrogen) atoms. The van der Waals surface area contributed by atoms with E-state index in [-0.39, 0.29) is 47.0 Å². The molecule has 0 aliphatic carbocycles. The monoisotopic (exact) mass is 620 g/mol. The van der Waals surface area contributed by atoms with Gasteiger partial charge in [-0.3, -0.25) is 14.7 Å². The summed E-state index contributed by atoms with van der Waals surface area (Å²) >= 11 is 0. The number of aromatic nitrogens is 2. The van der Waals surface area contributed by atoms with Gasteiger partial charge in [0.05, 0.1) is 36.4 Å². The molecule has 0 unspecified atom stereocenters. The van der Waals surface area contributed by atoms with Gasteiger partial charge in [-0.25, -0.2) is 4.79 Å². The first-order chi connectivity index (χ1) is 19.2. The van der Waals surface area contributed by atoms with Gasteiger partial charge in [0.15, 0.2) is 16.6 Å². The molecule has 1 saturated heterocycles. The number of hydrogen-bond acceptors (Lipinski definition) is 9. The second-order valence-electron chi connectivity index (χ2n) is 14.1. The first-order valence-electron chi connectivity index (χ1n) is 14.4. The van der Waals surface area contributed by atoms with Crippen molar-refractivity contribution in [1.82, 2.24) is 9.55 Å². The smallest absolute Gasteiger partial charge is 0.351 e. The summed E-state index contributed by atoms with van der Waals surface area (Å²) in [6, 6.07) is 6.39. The average molecular weight is 621 g/mol. The van der Waals surface area contributed by atoms with Crippen molar-refractivity contribution in [1.29, 1.82) is 0 Å². The third-order valence-electron chi connectivity index (χ3n) is 8.92. The Balaban J connectivity index is 1.83. The Hall–Kier alpha value is -2.43. The summed E-state index contributed by atoms with van der Waals surface area (Å²) in [4.78, 5) is 27.9. The Morgan fingerprint density at radius 3 is 2.24 bits per heavy atom. The van der Waals surface area contributed by atoms with Gasteiger partial charge in [-0.2, -0.15) is 4.98 Å². The molecule has 1 aliphatic rings. The van der Waals surface area contributed by atoms with E-state index in [0.717, 1.165) is 0 Å². The van der Waals surface area contributed by atoms with Gasteiger partial charge < -0.3 is 24.1 Å². The van der Waals surface area contributed by atoms with Crippen LogP contribution in [-0.4, -0.2) is 49.9 Å². The van der Waals surface area contributed by atoms with E-state index in [1.807, 2.05) is 0 Å². The van der Waals surface area contributed by atoms with Crippen LogP contribution < -0.4 is 11.4 Å². The van der Waals surface area contributed by atoms with Crippen molar-refractivity contribution in [2.24, 2.45) is 0 Å². The van der Waals surface area contributed by atoms with Gasteiger partial charge in [-0.1, -0.05) is 53.7 Å². The summed E-state index contributed by atoms with van der Waals surface area (Å²) in [7, 11) is -4.23. The van der Waals surface area contributed by atoms with E-state index in [0.29, 0.717) is 24.2 Å². The number of ether oxygens (including phenoxy) is 2. The van der Waals surface area contributed by atoms with Crippen LogP contribution in [0.1, 0.15) is 65.3 Å². The molecule has 0 saturated carbocycles. The van der Waals surface area contributed by atoms with Crippen LogP contribution in [0.15, 0.2) is 35.3 Å². The Kier molecular flexibility index (Phi) is 10.3. The predicted molar refractivity (Wildman–Crippen MR) is 168 cm³/mol. The lowest BCUT2D eigenvalue weighted by Crippen LogP contribution is -2.48. The Morgan fingerprint density at radius 1 is 1.05 bits per heavy atom. The lowest BCUT2D eigenvalue weighted by molar-refractivity contribution is -0.386. The SMILES string of the molecule is CC(C)(C)[Si](C)(C)OC[C@H]1O[C@@H](n2cc(COCc3ccccc3[N+](=O)[O-])c(N)nc2=O)C[C@@H]1O[Si](C)(C)C(C)(C)C. The average Bonchev–Trinajstić information content (AvgIpc) is 3.24.